The summed E-state index contributed by atoms with van der Waals surface area (Å²) in [6.45, 7) is 0.225. The maximum absolute atomic E-state index is 12.4. The zero-order chi connectivity index (χ0) is 18.4. The second-order valence-corrected chi connectivity index (χ2v) is 5.97. The quantitative estimate of drug-likeness (QED) is 0.682. The van der Waals surface area contributed by atoms with Crippen molar-refractivity contribution in [3.8, 4) is 0 Å². The van der Waals surface area contributed by atoms with Gasteiger partial charge in [-0.1, -0.05) is 11.6 Å². The number of urea groups is 1. The number of carbonyl (C=O) groups excluding carboxylic acids is 2. The Morgan fingerprint density at radius 3 is 2.36 bits per heavy atom. The SMILES string of the molecule is O=C(NCCNC(=O)c1ccc(Cl)cc1)Nc1nc(C(F)(F)F)cs1. The van der Waals surface area contributed by atoms with Crippen LogP contribution in [0.2, 0.25) is 5.02 Å². The van der Waals surface area contributed by atoms with Gasteiger partial charge >= 0.3 is 12.2 Å². The molecule has 3 amide bonds. The van der Waals surface area contributed by atoms with Crippen molar-refractivity contribution in [3.05, 3.63) is 45.9 Å². The lowest BCUT2D eigenvalue weighted by molar-refractivity contribution is -0.140. The summed E-state index contributed by atoms with van der Waals surface area (Å²) in [5.74, 6) is -0.339. The highest BCUT2D eigenvalue weighted by atomic mass is 35.5. The second-order valence-electron chi connectivity index (χ2n) is 4.68. The predicted molar refractivity (Wildman–Crippen MR) is 87.9 cm³/mol. The maximum Gasteiger partial charge on any atom is 0.434 e. The number of benzene rings is 1. The monoisotopic (exact) mass is 392 g/mol. The molecule has 1 heterocycles. The van der Waals surface area contributed by atoms with Gasteiger partial charge in [0.2, 0.25) is 0 Å². The fraction of sp³-hybridized carbons (Fsp3) is 0.214. The van der Waals surface area contributed by atoms with Gasteiger partial charge in [0.1, 0.15) is 0 Å². The molecule has 0 aliphatic heterocycles. The molecule has 0 spiro atoms. The van der Waals surface area contributed by atoms with Crippen LogP contribution in [0.1, 0.15) is 16.1 Å². The first kappa shape index (κ1) is 19.0. The Bertz CT molecular complexity index is 749. The molecule has 2 rings (SSSR count). The summed E-state index contributed by atoms with van der Waals surface area (Å²) in [5.41, 5.74) is -0.653. The predicted octanol–water partition coefficient (Wildman–Crippen LogP) is 3.37. The van der Waals surface area contributed by atoms with E-state index in [1.54, 1.807) is 24.3 Å². The van der Waals surface area contributed by atoms with Crippen molar-refractivity contribution in [2.24, 2.45) is 0 Å². The molecular formula is C14H12ClF3N4O2S. The number of nitrogens with zero attached hydrogens (tertiary/aromatic N) is 1. The molecule has 3 N–H and O–H groups in total. The first-order valence-electron chi connectivity index (χ1n) is 6.87. The molecule has 0 saturated carbocycles. The number of nitrogens with one attached hydrogen (secondary N) is 3. The van der Waals surface area contributed by atoms with E-state index in [1.807, 2.05) is 0 Å². The maximum atomic E-state index is 12.4. The minimum Gasteiger partial charge on any atom is -0.350 e. The fourth-order valence-electron chi connectivity index (χ4n) is 1.66. The van der Waals surface area contributed by atoms with E-state index in [4.69, 9.17) is 11.6 Å². The molecule has 0 fully saturated rings. The van der Waals surface area contributed by atoms with Gasteiger partial charge in [-0.15, -0.1) is 11.3 Å². The summed E-state index contributed by atoms with van der Waals surface area (Å²) >= 11 is 6.38. The van der Waals surface area contributed by atoms with Gasteiger partial charge in [-0.25, -0.2) is 9.78 Å². The molecule has 0 radical (unpaired) electrons. The largest absolute Gasteiger partial charge is 0.434 e. The highest BCUT2D eigenvalue weighted by molar-refractivity contribution is 7.13. The van der Waals surface area contributed by atoms with Gasteiger partial charge in [0, 0.05) is 29.1 Å². The van der Waals surface area contributed by atoms with Crippen LogP contribution in [-0.2, 0) is 6.18 Å². The molecule has 0 saturated heterocycles. The van der Waals surface area contributed by atoms with Gasteiger partial charge < -0.3 is 10.6 Å². The number of thiazole rings is 1. The van der Waals surface area contributed by atoms with E-state index in [1.165, 1.54) is 0 Å². The summed E-state index contributed by atoms with van der Waals surface area (Å²) in [6, 6.07) is 5.54. The number of anilines is 1. The number of alkyl halides is 3. The second kappa shape index (κ2) is 8.17. The summed E-state index contributed by atoms with van der Waals surface area (Å²) < 4.78 is 37.2. The van der Waals surface area contributed by atoms with Crippen molar-refractivity contribution >= 4 is 40.0 Å². The van der Waals surface area contributed by atoms with E-state index in [-0.39, 0.29) is 24.1 Å². The van der Waals surface area contributed by atoms with E-state index in [9.17, 15) is 22.8 Å². The third kappa shape index (κ3) is 5.91. The molecule has 1 aromatic heterocycles. The lowest BCUT2D eigenvalue weighted by Gasteiger charge is -2.07. The van der Waals surface area contributed by atoms with Crippen LogP contribution in [-0.4, -0.2) is 30.0 Å². The summed E-state index contributed by atoms with van der Waals surface area (Å²) in [4.78, 5) is 26.6. The number of rotatable bonds is 5. The topological polar surface area (TPSA) is 83.1 Å². The van der Waals surface area contributed by atoms with Gasteiger partial charge in [0.05, 0.1) is 0 Å². The standard InChI is InChI=1S/C14H12ClF3N4O2S/c15-9-3-1-8(2-4-9)11(23)19-5-6-20-12(24)22-13-21-10(7-25-13)14(16,17)18/h1-4,7H,5-6H2,(H,19,23)(H2,20,21,22,24). The Labute approximate surface area is 149 Å². The number of carbonyl (C=O) groups is 2. The smallest absolute Gasteiger partial charge is 0.350 e. The molecule has 6 nitrogen and oxygen atoms in total. The zero-order valence-electron chi connectivity index (χ0n) is 12.5. The van der Waals surface area contributed by atoms with Crippen molar-refractivity contribution in [3.63, 3.8) is 0 Å². The van der Waals surface area contributed by atoms with Gasteiger partial charge in [-0.3, -0.25) is 10.1 Å². The average molecular weight is 393 g/mol. The summed E-state index contributed by atoms with van der Waals surface area (Å²) in [7, 11) is 0. The molecule has 0 aliphatic rings. The van der Waals surface area contributed by atoms with E-state index in [2.05, 4.69) is 20.9 Å². The first-order chi connectivity index (χ1) is 11.8. The number of halogens is 4. The molecule has 1 aromatic carbocycles. The minimum absolute atomic E-state index is 0.0860. The van der Waals surface area contributed by atoms with Crippen LogP contribution < -0.4 is 16.0 Å². The Balaban J connectivity index is 1.71. The van der Waals surface area contributed by atoms with Gasteiger partial charge in [0.25, 0.3) is 5.91 Å². The number of amides is 3. The normalized spacial score (nSPS) is 11.0. The Morgan fingerprint density at radius 1 is 1.12 bits per heavy atom. The summed E-state index contributed by atoms with van der Waals surface area (Å²) in [5, 5.41) is 8.30. The minimum atomic E-state index is -4.56. The average Bonchev–Trinajstić information content (AvgIpc) is 3.00. The van der Waals surface area contributed by atoms with Crippen LogP contribution in [0.3, 0.4) is 0 Å². The van der Waals surface area contributed by atoms with E-state index in [0.717, 1.165) is 5.38 Å². The van der Waals surface area contributed by atoms with Crippen molar-refractivity contribution in [2.75, 3.05) is 18.4 Å². The molecule has 25 heavy (non-hydrogen) atoms. The number of hydrogen-bond acceptors (Lipinski definition) is 4. The molecular weight excluding hydrogens is 381 g/mol. The van der Waals surface area contributed by atoms with Crippen molar-refractivity contribution < 1.29 is 22.8 Å². The highest BCUT2D eigenvalue weighted by Crippen LogP contribution is 2.31. The molecule has 0 aliphatic carbocycles. The van der Waals surface area contributed by atoms with Crippen LogP contribution in [0.15, 0.2) is 29.6 Å². The van der Waals surface area contributed by atoms with Gasteiger partial charge in [-0.05, 0) is 24.3 Å². The number of aromatic nitrogens is 1. The lowest BCUT2D eigenvalue weighted by atomic mass is 10.2. The van der Waals surface area contributed by atoms with E-state index in [0.29, 0.717) is 21.9 Å². The molecule has 134 valence electrons. The number of hydrogen-bond donors (Lipinski definition) is 3. The molecule has 0 bridgehead atoms. The van der Waals surface area contributed by atoms with Gasteiger partial charge in [-0.2, -0.15) is 13.2 Å². The third-order valence-corrected chi connectivity index (χ3v) is 3.83. The van der Waals surface area contributed by atoms with Crippen molar-refractivity contribution in [2.45, 2.75) is 6.18 Å². The first-order valence-corrected chi connectivity index (χ1v) is 8.13. The Morgan fingerprint density at radius 2 is 1.76 bits per heavy atom. The zero-order valence-corrected chi connectivity index (χ0v) is 14.1. The van der Waals surface area contributed by atoms with Crippen LogP contribution in [0.5, 0.6) is 0 Å². The van der Waals surface area contributed by atoms with Crippen LogP contribution in [0.25, 0.3) is 0 Å². The summed E-state index contributed by atoms with van der Waals surface area (Å²) in [6.07, 6.45) is -4.56. The molecule has 2 aromatic rings. The Kier molecular flexibility index (Phi) is 6.21. The van der Waals surface area contributed by atoms with Crippen molar-refractivity contribution in [1.82, 2.24) is 15.6 Å². The molecule has 11 heteroatoms. The molecule has 0 unspecified atom stereocenters. The van der Waals surface area contributed by atoms with Crippen molar-refractivity contribution in [1.29, 1.82) is 0 Å². The van der Waals surface area contributed by atoms with Crippen LogP contribution in [0.4, 0.5) is 23.1 Å². The third-order valence-electron chi connectivity index (χ3n) is 2.82. The van der Waals surface area contributed by atoms with E-state index < -0.39 is 17.9 Å². The Hall–Kier alpha value is -2.33. The molecule has 0 atom stereocenters. The van der Waals surface area contributed by atoms with E-state index >= 15 is 0 Å². The highest BCUT2D eigenvalue weighted by Gasteiger charge is 2.33. The van der Waals surface area contributed by atoms with Crippen LogP contribution >= 0.6 is 22.9 Å². The fourth-order valence-corrected chi connectivity index (χ4v) is 2.50. The van der Waals surface area contributed by atoms with Gasteiger partial charge in [0.15, 0.2) is 10.8 Å². The lowest BCUT2D eigenvalue weighted by Crippen LogP contribution is -2.36. The van der Waals surface area contributed by atoms with Crippen LogP contribution in [0, 0.1) is 0 Å².